The number of amides is 1. The summed E-state index contributed by atoms with van der Waals surface area (Å²) in [6.07, 6.45) is 4.86. The smallest absolute Gasteiger partial charge is 0.270 e. The fraction of sp³-hybridized carbons (Fsp3) is 0.100. The quantitative estimate of drug-likeness (QED) is 0.439. The van der Waals surface area contributed by atoms with E-state index >= 15 is 0 Å². The maximum atomic E-state index is 11.7. The van der Waals surface area contributed by atoms with Gasteiger partial charge >= 0.3 is 0 Å². The lowest BCUT2D eigenvalue weighted by atomic mass is 10.3. The Hall–Kier alpha value is -2.41. The summed E-state index contributed by atoms with van der Waals surface area (Å²) in [6, 6.07) is 3.28. The van der Waals surface area contributed by atoms with E-state index in [0.717, 1.165) is 5.56 Å². The average molecular weight is 232 g/mol. The van der Waals surface area contributed by atoms with Gasteiger partial charge in [0.25, 0.3) is 5.91 Å². The molecule has 2 heterocycles. The summed E-state index contributed by atoms with van der Waals surface area (Å²) in [5.74, 6) is 4.96. The molecule has 0 unspecified atom stereocenters. The highest BCUT2D eigenvalue weighted by molar-refractivity contribution is 5.92. The lowest BCUT2D eigenvalue weighted by Gasteiger charge is -2.03. The standard InChI is InChI=1S/C10H12N6O/c11-16-8-1-2-9(12-6-8)10(17)13-3-7-4-14-15-5-7/h1-2,4-6,16H,3,11H2,(H,13,17)(H,14,15). The van der Waals surface area contributed by atoms with Crippen molar-refractivity contribution in [1.29, 1.82) is 0 Å². The number of nitrogens with two attached hydrogens (primary N) is 1. The molecule has 7 heteroatoms. The Kier molecular flexibility index (Phi) is 3.31. The molecule has 1 amide bonds. The van der Waals surface area contributed by atoms with Gasteiger partial charge in [0.2, 0.25) is 0 Å². The molecule has 0 fully saturated rings. The molecule has 88 valence electrons. The van der Waals surface area contributed by atoms with Crippen molar-refractivity contribution in [1.82, 2.24) is 20.5 Å². The number of hydrogen-bond donors (Lipinski definition) is 4. The molecule has 0 radical (unpaired) electrons. The second-order valence-corrected chi connectivity index (χ2v) is 3.37. The molecule has 0 atom stereocenters. The zero-order chi connectivity index (χ0) is 12.1. The third kappa shape index (κ3) is 2.79. The Morgan fingerprint density at radius 1 is 1.41 bits per heavy atom. The molecule has 2 aromatic heterocycles. The van der Waals surface area contributed by atoms with Crippen LogP contribution >= 0.6 is 0 Å². The number of aromatic amines is 1. The summed E-state index contributed by atoms with van der Waals surface area (Å²) in [5, 5.41) is 9.18. The van der Waals surface area contributed by atoms with Crippen molar-refractivity contribution in [3.05, 3.63) is 42.0 Å². The first-order chi connectivity index (χ1) is 8.29. The number of hydrogen-bond acceptors (Lipinski definition) is 5. The molecule has 0 aliphatic carbocycles. The zero-order valence-electron chi connectivity index (χ0n) is 8.97. The SMILES string of the molecule is NNc1ccc(C(=O)NCc2cn[nH]c2)nc1. The van der Waals surface area contributed by atoms with E-state index in [-0.39, 0.29) is 5.91 Å². The number of nitrogens with zero attached hydrogens (tertiary/aromatic N) is 2. The number of hydrazine groups is 1. The van der Waals surface area contributed by atoms with Crippen LogP contribution in [0.4, 0.5) is 5.69 Å². The number of nitrogens with one attached hydrogen (secondary N) is 3. The van der Waals surface area contributed by atoms with Gasteiger partial charge in [-0.15, -0.1) is 0 Å². The van der Waals surface area contributed by atoms with Crippen molar-refractivity contribution in [3.8, 4) is 0 Å². The van der Waals surface area contributed by atoms with Crippen LogP contribution in [-0.4, -0.2) is 21.1 Å². The van der Waals surface area contributed by atoms with Crippen LogP contribution in [0.1, 0.15) is 16.1 Å². The van der Waals surface area contributed by atoms with E-state index in [0.29, 0.717) is 17.9 Å². The zero-order valence-corrected chi connectivity index (χ0v) is 8.97. The van der Waals surface area contributed by atoms with Crippen molar-refractivity contribution in [2.24, 2.45) is 5.84 Å². The monoisotopic (exact) mass is 232 g/mol. The summed E-state index contributed by atoms with van der Waals surface area (Å²) in [7, 11) is 0. The molecule has 0 spiro atoms. The van der Waals surface area contributed by atoms with E-state index in [9.17, 15) is 4.79 Å². The number of carbonyl (C=O) groups is 1. The minimum atomic E-state index is -0.241. The van der Waals surface area contributed by atoms with Crippen LogP contribution in [0, 0.1) is 0 Å². The summed E-state index contributed by atoms with van der Waals surface area (Å²) >= 11 is 0. The number of rotatable bonds is 4. The first kappa shape index (κ1) is 11.1. The van der Waals surface area contributed by atoms with Gasteiger partial charge < -0.3 is 10.7 Å². The largest absolute Gasteiger partial charge is 0.347 e. The number of pyridine rings is 1. The van der Waals surface area contributed by atoms with Gasteiger partial charge in [0, 0.05) is 18.3 Å². The van der Waals surface area contributed by atoms with Crippen LogP contribution < -0.4 is 16.6 Å². The van der Waals surface area contributed by atoms with E-state index < -0.39 is 0 Å². The summed E-state index contributed by atoms with van der Waals surface area (Å²) < 4.78 is 0. The van der Waals surface area contributed by atoms with Crippen molar-refractivity contribution in [3.63, 3.8) is 0 Å². The van der Waals surface area contributed by atoms with Crippen LogP contribution in [-0.2, 0) is 6.54 Å². The maximum Gasteiger partial charge on any atom is 0.270 e. The lowest BCUT2D eigenvalue weighted by Crippen LogP contribution is -2.23. The molecular formula is C10H12N6O. The summed E-state index contributed by atoms with van der Waals surface area (Å²) in [5.41, 5.74) is 4.33. The highest BCUT2D eigenvalue weighted by Crippen LogP contribution is 2.04. The Morgan fingerprint density at radius 3 is 2.88 bits per heavy atom. The summed E-state index contributed by atoms with van der Waals surface area (Å²) in [4.78, 5) is 15.7. The van der Waals surface area contributed by atoms with E-state index in [1.807, 2.05) is 0 Å². The van der Waals surface area contributed by atoms with Gasteiger partial charge in [0.05, 0.1) is 18.1 Å². The van der Waals surface area contributed by atoms with Gasteiger partial charge in [0.1, 0.15) is 5.69 Å². The van der Waals surface area contributed by atoms with Crippen molar-refractivity contribution < 1.29 is 4.79 Å². The molecule has 2 rings (SSSR count). The molecule has 0 aliphatic rings. The lowest BCUT2D eigenvalue weighted by molar-refractivity contribution is 0.0946. The molecular weight excluding hydrogens is 220 g/mol. The second-order valence-electron chi connectivity index (χ2n) is 3.37. The Morgan fingerprint density at radius 2 is 2.29 bits per heavy atom. The molecule has 5 N–H and O–H groups in total. The van der Waals surface area contributed by atoms with Crippen LogP contribution in [0.2, 0.25) is 0 Å². The van der Waals surface area contributed by atoms with Crippen LogP contribution in [0.15, 0.2) is 30.7 Å². The maximum absolute atomic E-state index is 11.7. The average Bonchev–Trinajstić information content (AvgIpc) is 2.89. The number of nitrogen functional groups attached to an aromatic ring is 1. The highest BCUT2D eigenvalue weighted by atomic mass is 16.1. The van der Waals surface area contributed by atoms with Gasteiger partial charge in [-0.25, -0.2) is 4.98 Å². The fourth-order valence-electron chi connectivity index (χ4n) is 1.26. The molecule has 17 heavy (non-hydrogen) atoms. The van der Waals surface area contributed by atoms with E-state index in [2.05, 4.69) is 25.9 Å². The normalized spacial score (nSPS) is 9.94. The number of anilines is 1. The van der Waals surface area contributed by atoms with Gasteiger partial charge in [-0.3, -0.25) is 15.7 Å². The second kappa shape index (κ2) is 5.08. The van der Waals surface area contributed by atoms with Crippen molar-refractivity contribution in [2.45, 2.75) is 6.54 Å². The van der Waals surface area contributed by atoms with Crippen LogP contribution in [0.3, 0.4) is 0 Å². The fourth-order valence-corrected chi connectivity index (χ4v) is 1.26. The van der Waals surface area contributed by atoms with Gasteiger partial charge in [-0.2, -0.15) is 5.10 Å². The third-order valence-corrected chi connectivity index (χ3v) is 2.17. The van der Waals surface area contributed by atoms with Crippen LogP contribution in [0.25, 0.3) is 0 Å². The van der Waals surface area contributed by atoms with Gasteiger partial charge in [0.15, 0.2) is 0 Å². The molecule has 0 saturated carbocycles. The predicted octanol–water partition coefficient (Wildman–Crippen LogP) is 0.0203. The number of carbonyl (C=O) groups excluding carboxylic acids is 1. The van der Waals surface area contributed by atoms with E-state index in [4.69, 9.17) is 5.84 Å². The molecule has 7 nitrogen and oxygen atoms in total. The highest BCUT2D eigenvalue weighted by Gasteiger charge is 2.06. The summed E-state index contributed by atoms with van der Waals surface area (Å²) in [6.45, 7) is 0.411. The molecule has 0 aliphatic heterocycles. The minimum Gasteiger partial charge on any atom is -0.347 e. The van der Waals surface area contributed by atoms with E-state index in [1.165, 1.54) is 6.20 Å². The number of aromatic nitrogens is 3. The topological polar surface area (TPSA) is 109 Å². The minimum absolute atomic E-state index is 0.241. The molecule has 0 saturated heterocycles. The first-order valence-electron chi connectivity index (χ1n) is 4.98. The first-order valence-corrected chi connectivity index (χ1v) is 4.98. The predicted molar refractivity (Wildman–Crippen MR) is 61.8 cm³/mol. The molecule has 0 aromatic carbocycles. The van der Waals surface area contributed by atoms with Gasteiger partial charge in [-0.1, -0.05) is 0 Å². The third-order valence-electron chi connectivity index (χ3n) is 2.17. The van der Waals surface area contributed by atoms with Crippen LogP contribution in [0.5, 0.6) is 0 Å². The Bertz CT molecular complexity index is 478. The molecule has 0 bridgehead atoms. The van der Waals surface area contributed by atoms with Crippen molar-refractivity contribution in [2.75, 3.05) is 5.43 Å². The number of H-pyrrole nitrogens is 1. The Balaban J connectivity index is 1.95. The van der Waals surface area contributed by atoms with Gasteiger partial charge in [-0.05, 0) is 12.1 Å². The van der Waals surface area contributed by atoms with Crippen molar-refractivity contribution >= 4 is 11.6 Å². The Labute approximate surface area is 97.4 Å². The van der Waals surface area contributed by atoms with E-state index in [1.54, 1.807) is 24.5 Å². The molecule has 2 aromatic rings.